The fourth-order valence-electron chi connectivity index (χ4n) is 3.84. The number of pyridine rings is 1. The Balaban J connectivity index is 1.55. The lowest BCUT2D eigenvalue weighted by molar-refractivity contribution is 0.0946. The van der Waals surface area contributed by atoms with Gasteiger partial charge in [0.2, 0.25) is 5.56 Å². The molecule has 0 radical (unpaired) electrons. The van der Waals surface area contributed by atoms with Gasteiger partial charge in [-0.05, 0) is 36.7 Å². The second-order valence-electron chi connectivity index (χ2n) is 6.34. The largest absolute Gasteiger partial charge is 0.352 e. The van der Waals surface area contributed by atoms with Crippen molar-refractivity contribution in [1.29, 1.82) is 0 Å². The number of amides is 1. The van der Waals surface area contributed by atoms with Crippen LogP contribution in [0.25, 0.3) is 10.9 Å². The van der Waals surface area contributed by atoms with E-state index >= 15 is 0 Å². The summed E-state index contributed by atoms with van der Waals surface area (Å²) in [5, 5.41) is 3.80. The van der Waals surface area contributed by atoms with Crippen LogP contribution >= 0.6 is 0 Å². The number of hydrogen-bond acceptors (Lipinski definition) is 2. The molecule has 112 valence electrons. The SMILES string of the molecule is O=C(NC[C@@H]1C[C@H]2C=C[C@H]1C2)c1cc(=O)[nH]c2ccccc12. The molecule has 3 atom stereocenters. The minimum Gasteiger partial charge on any atom is -0.352 e. The number of fused-ring (bicyclic) bond motifs is 3. The van der Waals surface area contributed by atoms with Crippen LogP contribution in [0.3, 0.4) is 0 Å². The van der Waals surface area contributed by atoms with E-state index in [-0.39, 0.29) is 11.5 Å². The second kappa shape index (κ2) is 5.13. The molecule has 2 aromatic rings. The second-order valence-corrected chi connectivity index (χ2v) is 6.34. The molecule has 1 fully saturated rings. The van der Waals surface area contributed by atoms with E-state index in [1.54, 1.807) is 0 Å². The topological polar surface area (TPSA) is 62.0 Å². The molecule has 2 bridgehead atoms. The normalized spacial score (nSPS) is 25.7. The number of carbonyl (C=O) groups excluding carboxylic acids is 1. The van der Waals surface area contributed by atoms with E-state index in [0.717, 1.165) is 11.8 Å². The molecule has 4 rings (SSSR count). The van der Waals surface area contributed by atoms with Gasteiger partial charge in [0.15, 0.2) is 0 Å². The first kappa shape index (κ1) is 13.3. The summed E-state index contributed by atoms with van der Waals surface area (Å²) < 4.78 is 0. The molecule has 2 aliphatic rings. The Labute approximate surface area is 128 Å². The summed E-state index contributed by atoms with van der Waals surface area (Å²) in [4.78, 5) is 27.0. The molecule has 1 saturated carbocycles. The van der Waals surface area contributed by atoms with Gasteiger partial charge in [0.25, 0.3) is 5.91 Å². The van der Waals surface area contributed by atoms with Crippen LogP contribution in [0.4, 0.5) is 0 Å². The molecule has 0 unspecified atom stereocenters. The van der Waals surface area contributed by atoms with Crippen molar-refractivity contribution < 1.29 is 4.79 Å². The van der Waals surface area contributed by atoms with Crippen LogP contribution in [0.5, 0.6) is 0 Å². The van der Waals surface area contributed by atoms with Gasteiger partial charge in [-0.25, -0.2) is 0 Å². The van der Waals surface area contributed by atoms with Gasteiger partial charge >= 0.3 is 0 Å². The molecule has 2 aliphatic carbocycles. The number of hydrogen-bond donors (Lipinski definition) is 2. The number of para-hydroxylation sites is 1. The molecule has 4 heteroatoms. The summed E-state index contributed by atoms with van der Waals surface area (Å²) in [6, 6.07) is 8.78. The van der Waals surface area contributed by atoms with E-state index in [9.17, 15) is 9.59 Å². The number of rotatable bonds is 3. The highest BCUT2D eigenvalue weighted by molar-refractivity contribution is 6.05. The molecule has 2 N–H and O–H groups in total. The Kier molecular flexibility index (Phi) is 3.10. The first-order valence-corrected chi connectivity index (χ1v) is 7.79. The Bertz CT molecular complexity index is 821. The fourth-order valence-corrected chi connectivity index (χ4v) is 3.84. The Morgan fingerprint density at radius 2 is 2.09 bits per heavy atom. The standard InChI is InChI=1S/C18H18N2O2/c21-17-9-15(14-3-1-2-4-16(14)20-17)18(22)19-10-13-8-11-5-6-12(13)7-11/h1-6,9,11-13H,7-8,10H2,(H,19,22)(H,20,21)/t11-,12-,13-/m0/s1. The highest BCUT2D eigenvalue weighted by Gasteiger charge is 2.35. The molecule has 1 amide bonds. The van der Waals surface area contributed by atoms with E-state index in [1.165, 1.54) is 12.5 Å². The van der Waals surface area contributed by atoms with Gasteiger partial charge in [-0.15, -0.1) is 0 Å². The molecule has 1 aromatic carbocycles. The molecule has 0 spiro atoms. The quantitative estimate of drug-likeness (QED) is 0.854. The van der Waals surface area contributed by atoms with Crippen molar-refractivity contribution in [3.8, 4) is 0 Å². The lowest BCUT2D eigenvalue weighted by Crippen LogP contribution is -2.31. The Hall–Kier alpha value is -2.36. The number of allylic oxidation sites excluding steroid dienone is 2. The number of H-pyrrole nitrogens is 1. The van der Waals surface area contributed by atoms with Crippen molar-refractivity contribution in [2.45, 2.75) is 12.8 Å². The van der Waals surface area contributed by atoms with E-state index in [4.69, 9.17) is 0 Å². The number of carbonyl (C=O) groups is 1. The van der Waals surface area contributed by atoms with Crippen LogP contribution in [0.1, 0.15) is 23.2 Å². The van der Waals surface area contributed by atoms with Crippen molar-refractivity contribution in [2.24, 2.45) is 17.8 Å². The molecule has 22 heavy (non-hydrogen) atoms. The van der Waals surface area contributed by atoms with Gasteiger partial charge in [0, 0.05) is 23.5 Å². The Morgan fingerprint density at radius 1 is 1.23 bits per heavy atom. The maximum atomic E-state index is 12.5. The zero-order valence-corrected chi connectivity index (χ0v) is 12.2. The summed E-state index contributed by atoms with van der Waals surface area (Å²) in [5.41, 5.74) is 0.910. The summed E-state index contributed by atoms with van der Waals surface area (Å²) in [7, 11) is 0. The van der Waals surface area contributed by atoms with Crippen molar-refractivity contribution in [2.75, 3.05) is 6.54 Å². The van der Waals surface area contributed by atoms with E-state index in [1.807, 2.05) is 24.3 Å². The first-order valence-electron chi connectivity index (χ1n) is 7.79. The number of benzene rings is 1. The molecule has 1 heterocycles. The monoisotopic (exact) mass is 294 g/mol. The van der Waals surface area contributed by atoms with Gasteiger partial charge in [0.1, 0.15) is 0 Å². The zero-order chi connectivity index (χ0) is 15.1. The zero-order valence-electron chi connectivity index (χ0n) is 12.2. The van der Waals surface area contributed by atoms with Gasteiger partial charge < -0.3 is 10.3 Å². The van der Waals surface area contributed by atoms with Gasteiger partial charge in [0.05, 0.1) is 5.56 Å². The third-order valence-electron chi connectivity index (χ3n) is 4.94. The lowest BCUT2D eigenvalue weighted by atomic mass is 9.93. The number of nitrogens with one attached hydrogen (secondary N) is 2. The van der Waals surface area contributed by atoms with E-state index in [0.29, 0.717) is 35.4 Å². The summed E-state index contributed by atoms with van der Waals surface area (Å²) in [6.07, 6.45) is 6.98. The predicted octanol–water partition coefficient (Wildman–Crippen LogP) is 2.47. The van der Waals surface area contributed by atoms with Gasteiger partial charge in [-0.2, -0.15) is 0 Å². The molecule has 4 nitrogen and oxygen atoms in total. The molecule has 0 aliphatic heterocycles. The maximum absolute atomic E-state index is 12.5. The summed E-state index contributed by atoms with van der Waals surface area (Å²) >= 11 is 0. The van der Waals surface area contributed by atoms with Crippen molar-refractivity contribution >= 4 is 16.8 Å². The average Bonchev–Trinajstić information content (AvgIpc) is 3.14. The Morgan fingerprint density at radius 3 is 2.86 bits per heavy atom. The highest BCUT2D eigenvalue weighted by atomic mass is 16.2. The third kappa shape index (κ3) is 2.25. The summed E-state index contributed by atoms with van der Waals surface area (Å²) in [6.45, 7) is 0.686. The van der Waals surface area contributed by atoms with Crippen LogP contribution in [0.15, 0.2) is 47.3 Å². The van der Waals surface area contributed by atoms with Crippen molar-refractivity contribution in [3.05, 3.63) is 58.4 Å². The molecular formula is C18H18N2O2. The van der Waals surface area contributed by atoms with Crippen LogP contribution in [0.2, 0.25) is 0 Å². The third-order valence-corrected chi connectivity index (χ3v) is 4.94. The number of aromatic amines is 1. The smallest absolute Gasteiger partial charge is 0.252 e. The predicted molar refractivity (Wildman–Crippen MR) is 85.7 cm³/mol. The molecular weight excluding hydrogens is 276 g/mol. The minimum absolute atomic E-state index is 0.158. The maximum Gasteiger partial charge on any atom is 0.252 e. The lowest BCUT2D eigenvalue weighted by Gasteiger charge is -2.18. The van der Waals surface area contributed by atoms with Crippen LogP contribution in [-0.4, -0.2) is 17.4 Å². The van der Waals surface area contributed by atoms with Crippen LogP contribution < -0.4 is 10.9 Å². The fraction of sp³-hybridized carbons (Fsp3) is 0.333. The van der Waals surface area contributed by atoms with E-state index < -0.39 is 0 Å². The number of aromatic nitrogens is 1. The summed E-state index contributed by atoms with van der Waals surface area (Å²) in [5.74, 6) is 1.69. The average molecular weight is 294 g/mol. The van der Waals surface area contributed by atoms with Crippen molar-refractivity contribution in [3.63, 3.8) is 0 Å². The van der Waals surface area contributed by atoms with Crippen LogP contribution in [-0.2, 0) is 0 Å². The highest BCUT2D eigenvalue weighted by Crippen LogP contribution is 2.42. The minimum atomic E-state index is -0.244. The molecule has 1 aromatic heterocycles. The van der Waals surface area contributed by atoms with Gasteiger partial charge in [-0.3, -0.25) is 9.59 Å². The first-order chi connectivity index (χ1) is 10.7. The van der Waals surface area contributed by atoms with Crippen molar-refractivity contribution in [1.82, 2.24) is 10.3 Å². The van der Waals surface area contributed by atoms with E-state index in [2.05, 4.69) is 22.5 Å². The van der Waals surface area contributed by atoms with Crippen LogP contribution in [0, 0.1) is 17.8 Å². The molecule has 0 saturated heterocycles. The van der Waals surface area contributed by atoms with Gasteiger partial charge in [-0.1, -0.05) is 30.4 Å².